The summed E-state index contributed by atoms with van der Waals surface area (Å²) in [5.41, 5.74) is 7.39. The summed E-state index contributed by atoms with van der Waals surface area (Å²) >= 11 is 0. The van der Waals surface area contributed by atoms with Crippen LogP contribution in [0.15, 0.2) is 54.6 Å². The van der Waals surface area contributed by atoms with Crippen LogP contribution in [0.3, 0.4) is 0 Å². The van der Waals surface area contributed by atoms with Crippen molar-refractivity contribution in [2.24, 2.45) is 0 Å². The van der Waals surface area contributed by atoms with Crippen molar-refractivity contribution in [3.63, 3.8) is 0 Å². The van der Waals surface area contributed by atoms with E-state index in [-0.39, 0.29) is 0 Å². The molecule has 0 amide bonds. The smallest absolute Gasteiger partial charge is 0.0322 e. The number of hydrogen-bond donors (Lipinski definition) is 0. The van der Waals surface area contributed by atoms with Crippen molar-refractivity contribution in [3.8, 4) is 0 Å². The number of aryl methyl sites for hydroxylation is 2. The van der Waals surface area contributed by atoms with Crippen LogP contribution in [0.25, 0.3) is 10.8 Å². The van der Waals surface area contributed by atoms with Crippen molar-refractivity contribution < 1.29 is 0 Å². The van der Waals surface area contributed by atoms with Gasteiger partial charge in [0.05, 0.1) is 0 Å². The minimum absolute atomic E-state index is 0.425. The van der Waals surface area contributed by atoms with E-state index in [1.165, 1.54) is 59.0 Å². The summed E-state index contributed by atoms with van der Waals surface area (Å²) < 4.78 is 0. The van der Waals surface area contributed by atoms with E-state index in [9.17, 15) is 0 Å². The van der Waals surface area contributed by atoms with Gasteiger partial charge in [-0.25, -0.2) is 0 Å². The van der Waals surface area contributed by atoms with E-state index in [0.717, 1.165) is 13.1 Å². The Kier molecular flexibility index (Phi) is 6.03. The highest BCUT2D eigenvalue weighted by molar-refractivity contribution is 5.86. The molecule has 3 aromatic rings. The summed E-state index contributed by atoms with van der Waals surface area (Å²) in [7, 11) is 2.27. The van der Waals surface area contributed by atoms with Gasteiger partial charge >= 0.3 is 0 Å². The first kappa shape index (κ1) is 20.1. The molecule has 3 aromatic carbocycles. The summed E-state index contributed by atoms with van der Waals surface area (Å²) in [4.78, 5) is 5.14. The summed E-state index contributed by atoms with van der Waals surface area (Å²) in [5, 5.41) is 2.72. The highest BCUT2D eigenvalue weighted by atomic mass is 15.1. The van der Waals surface area contributed by atoms with Crippen LogP contribution < -0.4 is 0 Å². The van der Waals surface area contributed by atoms with E-state index >= 15 is 0 Å². The fraction of sp³-hybridized carbons (Fsp3) is 0.407. The maximum absolute atomic E-state index is 2.63. The van der Waals surface area contributed by atoms with E-state index in [1.807, 2.05) is 0 Å². The molecule has 0 bridgehead atoms. The minimum atomic E-state index is 0.425. The Balaban J connectivity index is 1.34. The fourth-order valence-electron chi connectivity index (χ4n) is 4.69. The lowest BCUT2D eigenvalue weighted by Gasteiger charge is -2.31. The van der Waals surface area contributed by atoms with Crippen molar-refractivity contribution in [1.82, 2.24) is 9.80 Å². The largest absolute Gasteiger partial charge is 0.300 e. The van der Waals surface area contributed by atoms with Crippen LogP contribution in [-0.4, -0.2) is 36.5 Å². The summed E-state index contributed by atoms with van der Waals surface area (Å²) in [6, 6.07) is 20.7. The second-order valence-corrected chi connectivity index (χ2v) is 8.81. The number of rotatable bonds is 6. The van der Waals surface area contributed by atoms with Crippen molar-refractivity contribution in [1.29, 1.82) is 0 Å². The van der Waals surface area contributed by atoms with Gasteiger partial charge in [0.25, 0.3) is 0 Å². The molecule has 152 valence electrons. The molecule has 2 nitrogen and oxygen atoms in total. The topological polar surface area (TPSA) is 6.48 Å². The van der Waals surface area contributed by atoms with E-state index in [1.54, 1.807) is 5.56 Å². The SMILES string of the molecule is Cc1cc2c(cc1C)CN(CCCN(C)C(C)c1cccc3ccccc13)CC2. The van der Waals surface area contributed by atoms with E-state index in [2.05, 4.69) is 92.2 Å². The van der Waals surface area contributed by atoms with E-state index < -0.39 is 0 Å². The van der Waals surface area contributed by atoms with E-state index in [0.29, 0.717) is 6.04 Å². The molecule has 0 saturated heterocycles. The monoisotopic (exact) mass is 386 g/mol. The van der Waals surface area contributed by atoms with Crippen molar-refractivity contribution in [2.75, 3.05) is 26.7 Å². The van der Waals surface area contributed by atoms with Gasteiger partial charge in [-0.05, 0) is 92.3 Å². The molecule has 1 aliphatic heterocycles. The maximum Gasteiger partial charge on any atom is 0.0322 e. The molecule has 1 aliphatic rings. The average Bonchev–Trinajstić information content (AvgIpc) is 2.73. The Hall–Kier alpha value is -2.16. The number of nitrogens with zero attached hydrogens (tertiary/aromatic N) is 2. The van der Waals surface area contributed by atoms with Crippen LogP contribution in [0.1, 0.15) is 47.2 Å². The number of fused-ring (bicyclic) bond motifs is 2. The van der Waals surface area contributed by atoms with E-state index in [4.69, 9.17) is 0 Å². The fourth-order valence-corrected chi connectivity index (χ4v) is 4.69. The molecule has 1 unspecified atom stereocenters. The van der Waals surface area contributed by atoms with Crippen LogP contribution >= 0.6 is 0 Å². The molecule has 4 rings (SSSR count). The number of benzene rings is 3. The normalized spacial score (nSPS) is 15.6. The van der Waals surface area contributed by atoms with Gasteiger partial charge in [0.1, 0.15) is 0 Å². The zero-order valence-corrected chi connectivity index (χ0v) is 18.4. The van der Waals surface area contributed by atoms with Crippen LogP contribution in [0.5, 0.6) is 0 Å². The first-order chi connectivity index (χ1) is 14.0. The molecule has 0 saturated carbocycles. The lowest BCUT2D eigenvalue weighted by molar-refractivity contribution is 0.211. The Morgan fingerprint density at radius 1 is 0.966 bits per heavy atom. The summed E-state index contributed by atoms with van der Waals surface area (Å²) in [5.74, 6) is 0. The number of hydrogen-bond acceptors (Lipinski definition) is 2. The van der Waals surface area contributed by atoms with Crippen molar-refractivity contribution in [3.05, 3.63) is 82.4 Å². The molecule has 1 atom stereocenters. The molecule has 1 heterocycles. The average molecular weight is 387 g/mol. The molecule has 0 spiro atoms. The first-order valence-corrected chi connectivity index (χ1v) is 11.0. The summed E-state index contributed by atoms with van der Waals surface area (Å²) in [6.07, 6.45) is 2.41. The summed E-state index contributed by atoms with van der Waals surface area (Å²) in [6.45, 7) is 11.4. The zero-order valence-electron chi connectivity index (χ0n) is 18.4. The Labute approximate surface area is 176 Å². The molecule has 0 radical (unpaired) electrons. The Morgan fingerprint density at radius 2 is 1.69 bits per heavy atom. The Bertz CT molecular complexity index is 986. The lowest BCUT2D eigenvalue weighted by Crippen LogP contribution is -2.33. The molecule has 0 aliphatic carbocycles. The lowest BCUT2D eigenvalue weighted by atomic mass is 9.94. The molecule has 29 heavy (non-hydrogen) atoms. The third-order valence-corrected chi connectivity index (χ3v) is 6.83. The highest BCUT2D eigenvalue weighted by Crippen LogP contribution is 2.28. The maximum atomic E-state index is 2.63. The second kappa shape index (κ2) is 8.69. The van der Waals surface area contributed by atoms with Crippen LogP contribution in [-0.2, 0) is 13.0 Å². The quantitative estimate of drug-likeness (QED) is 0.520. The molecule has 2 heteroatoms. The van der Waals surface area contributed by atoms with Gasteiger partial charge in [-0.15, -0.1) is 0 Å². The van der Waals surface area contributed by atoms with Gasteiger partial charge in [-0.1, -0.05) is 54.6 Å². The van der Waals surface area contributed by atoms with Crippen molar-refractivity contribution >= 4 is 10.8 Å². The molecule has 0 N–H and O–H groups in total. The van der Waals surface area contributed by atoms with Crippen molar-refractivity contribution in [2.45, 2.75) is 46.2 Å². The molecule has 0 fully saturated rings. The van der Waals surface area contributed by atoms with Gasteiger partial charge in [-0.2, -0.15) is 0 Å². The standard InChI is InChI=1S/C27H34N2/c1-20-17-24-13-16-29(19-25(24)18-21(20)2)15-8-14-28(4)22(3)26-12-7-10-23-9-5-6-11-27(23)26/h5-7,9-12,17-18,22H,8,13-16,19H2,1-4H3. The minimum Gasteiger partial charge on any atom is -0.300 e. The van der Waals surface area contributed by atoms with Crippen LogP contribution in [0, 0.1) is 13.8 Å². The predicted octanol–water partition coefficient (Wildman–Crippen LogP) is 5.90. The van der Waals surface area contributed by atoms with Gasteiger partial charge < -0.3 is 0 Å². The molecular formula is C27H34N2. The second-order valence-electron chi connectivity index (χ2n) is 8.81. The van der Waals surface area contributed by atoms with Gasteiger partial charge in [0.2, 0.25) is 0 Å². The predicted molar refractivity (Wildman–Crippen MR) is 125 cm³/mol. The van der Waals surface area contributed by atoms with Gasteiger partial charge in [0.15, 0.2) is 0 Å². The molecular weight excluding hydrogens is 352 g/mol. The third kappa shape index (κ3) is 4.39. The first-order valence-electron chi connectivity index (χ1n) is 11.0. The molecule has 0 aromatic heterocycles. The van der Waals surface area contributed by atoms with Gasteiger partial charge in [-0.3, -0.25) is 9.80 Å². The third-order valence-electron chi connectivity index (χ3n) is 6.83. The zero-order chi connectivity index (χ0) is 20.4. The van der Waals surface area contributed by atoms with Crippen LogP contribution in [0.4, 0.5) is 0 Å². The van der Waals surface area contributed by atoms with Crippen LogP contribution in [0.2, 0.25) is 0 Å². The highest BCUT2D eigenvalue weighted by Gasteiger charge is 2.18. The van der Waals surface area contributed by atoms with Gasteiger partial charge in [0, 0.05) is 19.1 Å². The Morgan fingerprint density at radius 3 is 2.52 bits per heavy atom.